The van der Waals surface area contributed by atoms with Gasteiger partial charge >= 0.3 is 0 Å². The lowest BCUT2D eigenvalue weighted by atomic mass is 9.85. The minimum absolute atomic E-state index is 0.0465. The van der Waals surface area contributed by atoms with E-state index in [2.05, 4.69) is 9.97 Å². The summed E-state index contributed by atoms with van der Waals surface area (Å²) in [5, 5.41) is 0.542. The fourth-order valence-corrected chi connectivity index (χ4v) is 4.18. The van der Waals surface area contributed by atoms with E-state index in [4.69, 9.17) is 25.8 Å². The molecule has 0 N–H and O–H groups in total. The first kappa shape index (κ1) is 20.1. The number of rotatable bonds is 4. The molecule has 4 rings (SSSR count). The summed E-state index contributed by atoms with van der Waals surface area (Å²) in [5.74, 6) is 0.548. The summed E-state index contributed by atoms with van der Waals surface area (Å²) in [4.78, 5) is 23.7. The highest BCUT2D eigenvalue weighted by Crippen LogP contribution is 2.44. The van der Waals surface area contributed by atoms with Crippen LogP contribution in [0.25, 0.3) is 0 Å². The second-order valence-corrected chi connectivity index (χ2v) is 8.00. The Morgan fingerprint density at radius 2 is 2.21 bits per heavy atom. The minimum Gasteiger partial charge on any atom is -0.489 e. The molecular formula is C21H24ClN3O4. The molecular weight excluding hydrogens is 394 g/mol. The van der Waals surface area contributed by atoms with Gasteiger partial charge in [-0.2, -0.15) is 0 Å². The van der Waals surface area contributed by atoms with Gasteiger partial charge in [0.25, 0.3) is 5.91 Å². The third-order valence-corrected chi connectivity index (χ3v) is 5.62. The lowest BCUT2D eigenvalue weighted by molar-refractivity contribution is -0.0470. The molecule has 2 atom stereocenters. The SMILES string of the molecule is Cc1nc(C(=O)N2CCC3(c4ncccc4Cl)OCOC3C2)ccc1OC(C)C. The van der Waals surface area contributed by atoms with Crippen LogP contribution in [0.1, 0.15) is 42.1 Å². The van der Waals surface area contributed by atoms with Gasteiger partial charge in [0.15, 0.2) is 0 Å². The van der Waals surface area contributed by atoms with Gasteiger partial charge in [-0.05, 0) is 45.0 Å². The number of aryl methyl sites for hydroxylation is 1. The van der Waals surface area contributed by atoms with Crippen molar-refractivity contribution in [2.24, 2.45) is 0 Å². The maximum atomic E-state index is 13.1. The van der Waals surface area contributed by atoms with Gasteiger partial charge in [-0.15, -0.1) is 0 Å². The lowest BCUT2D eigenvalue weighted by Crippen LogP contribution is -2.54. The summed E-state index contributed by atoms with van der Waals surface area (Å²) in [6, 6.07) is 7.08. The number of piperidine rings is 1. The maximum Gasteiger partial charge on any atom is 0.272 e. The third-order valence-electron chi connectivity index (χ3n) is 5.31. The molecule has 154 valence electrons. The van der Waals surface area contributed by atoms with Gasteiger partial charge in [-0.3, -0.25) is 9.78 Å². The number of hydrogen-bond acceptors (Lipinski definition) is 6. The fourth-order valence-electron chi connectivity index (χ4n) is 3.90. The second kappa shape index (κ2) is 7.89. The van der Waals surface area contributed by atoms with E-state index in [-0.39, 0.29) is 24.9 Å². The van der Waals surface area contributed by atoms with Gasteiger partial charge in [0, 0.05) is 19.2 Å². The zero-order valence-electron chi connectivity index (χ0n) is 16.7. The van der Waals surface area contributed by atoms with E-state index in [1.807, 2.05) is 20.8 Å². The zero-order chi connectivity index (χ0) is 20.6. The van der Waals surface area contributed by atoms with Crippen LogP contribution in [0.4, 0.5) is 0 Å². The number of carbonyl (C=O) groups excluding carboxylic acids is 1. The normalized spacial score (nSPS) is 23.9. The van der Waals surface area contributed by atoms with Crippen molar-refractivity contribution in [3.05, 3.63) is 52.6 Å². The molecule has 0 aromatic carbocycles. The first-order chi connectivity index (χ1) is 13.9. The van der Waals surface area contributed by atoms with Crippen LogP contribution in [0.2, 0.25) is 5.02 Å². The Morgan fingerprint density at radius 3 is 2.93 bits per heavy atom. The summed E-state index contributed by atoms with van der Waals surface area (Å²) in [7, 11) is 0. The van der Waals surface area contributed by atoms with Crippen molar-refractivity contribution in [1.29, 1.82) is 0 Å². The van der Waals surface area contributed by atoms with E-state index < -0.39 is 5.60 Å². The number of hydrogen-bond donors (Lipinski definition) is 0. The molecule has 1 amide bonds. The molecule has 4 heterocycles. The van der Waals surface area contributed by atoms with Crippen molar-refractivity contribution in [2.45, 2.75) is 45.0 Å². The average molecular weight is 418 g/mol. The molecule has 2 aliphatic heterocycles. The van der Waals surface area contributed by atoms with Crippen molar-refractivity contribution in [3.63, 3.8) is 0 Å². The summed E-state index contributed by atoms with van der Waals surface area (Å²) in [6.07, 6.45) is 1.95. The molecule has 8 heteroatoms. The number of nitrogens with zero attached hydrogens (tertiary/aromatic N) is 3. The molecule has 2 aromatic heterocycles. The molecule has 2 saturated heterocycles. The monoisotopic (exact) mass is 417 g/mol. The highest BCUT2D eigenvalue weighted by molar-refractivity contribution is 6.31. The second-order valence-electron chi connectivity index (χ2n) is 7.59. The topological polar surface area (TPSA) is 73.8 Å². The minimum atomic E-state index is -0.729. The number of likely N-dealkylation sites (tertiary alicyclic amines) is 1. The van der Waals surface area contributed by atoms with Gasteiger partial charge in [0.05, 0.1) is 29.1 Å². The molecule has 0 spiro atoms. The average Bonchev–Trinajstić information content (AvgIpc) is 3.13. The van der Waals surface area contributed by atoms with Crippen molar-refractivity contribution in [2.75, 3.05) is 19.9 Å². The van der Waals surface area contributed by atoms with E-state index in [9.17, 15) is 4.79 Å². The largest absolute Gasteiger partial charge is 0.489 e. The molecule has 2 fully saturated rings. The number of aromatic nitrogens is 2. The van der Waals surface area contributed by atoms with Crippen LogP contribution < -0.4 is 4.74 Å². The van der Waals surface area contributed by atoms with Crippen LogP contribution in [0, 0.1) is 6.92 Å². The summed E-state index contributed by atoms with van der Waals surface area (Å²) < 4.78 is 17.5. The molecule has 2 unspecified atom stereocenters. The van der Waals surface area contributed by atoms with E-state index in [1.165, 1.54) is 0 Å². The highest BCUT2D eigenvalue weighted by Gasteiger charge is 2.53. The summed E-state index contributed by atoms with van der Waals surface area (Å²) in [5.41, 5.74) is 1.02. The molecule has 7 nitrogen and oxygen atoms in total. The number of halogens is 1. The van der Waals surface area contributed by atoms with Crippen molar-refractivity contribution in [3.8, 4) is 5.75 Å². The highest BCUT2D eigenvalue weighted by atomic mass is 35.5. The smallest absolute Gasteiger partial charge is 0.272 e. The van der Waals surface area contributed by atoms with Gasteiger partial charge in [0.1, 0.15) is 29.9 Å². The van der Waals surface area contributed by atoms with Crippen LogP contribution in [0.5, 0.6) is 5.75 Å². The molecule has 0 bridgehead atoms. The van der Waals surface area contributed by atoms with E-state index in [1.54, 1.807) is 35.4 Å². The van der Waals surface area contributed by atoms with Gasteiger partial charge in [-0.1, -0.05) is 11.6 Å². The van der Waals surface area contributed by atoms with Crippen molar-refractivity contribution >= 4 is 17.5 Å². The Bertz CT molecular complexity index is 923. The van der Waals surface area contributed by atoms with Gasteiger partial charge in [0.2, 0.25) is 0 Å². The van der Waals surface area contributed by atoms with Crippen LogP contribution in [-0.4, -0.2) is 52.9 Å². The van der Waals surface area contributed by atoms with E-state index >= 15 is 0 Å². The number of ether oxygens (including phenoxy) is 3. The van der Waals surface area contributed by atoms with Crippen molar-refractivity contribution in [1.82, 2.24) is 14.9 Å². The lowest BCUT2D eigenvalue weighted by Gasteiger charge is -2.41. The Hall–Kier alpha value is -2.22. The maximum absolute atomic E-state index is 13.1. The Labute approximate surface area is 174 Å². The number of fused-ring (bicyclic) bond motifs is 1. The van der Waals surface area contributed by atoms with E-state index in [0.29, 0.717) is 47.4 Å². The molecule has 2 aromatic rings. The summed E-state index contributed by atoms with van der Waals surface area (Å²) in [6.45, 7) is 6.78. The quantitative estimate of drug-likeness (QED) is 0.759. The molecule has 0 aliphatic carbocycles. The third kappa shape index (κ3) is 3.70. The Morgan fingerprint density at radius 1 is 1.38 bits per heavy atom. The predicted molar refractivity (Wildman–Crippen MR) is 107 cm³/mol. The predicted octanol–water partition coefficient (Wildman–Crippen LogP) is 3.34. The first-order valence-electron chi connectivity index (χ1n) is 9.71. The van der Waals surface area contributed by atoms with Gasteiger partial charge < -0.3 is 19.1 Å². The molecule has 0 saturated carbocycles. The molecule has 2 aliphatic rings. The van der Waals surface area contributed by atoms with Gasteiger partial charge in [-0.25, -0.2) is 4.98 Å². The number of amides is 1. The van der Waals surface area contributed by atoms with Crippen LogP contribution in [0.15, 0.2) is 30.5 Å². The number of carbonyl (C=O) groups is 1. The zero-order valence-corrected chi connectivity index (χ0v) is 17.5. The molecule has 29 heavy (non-hydrogen) atoms. The van der Waals surface area contributed by atoms with Crippen LogP contribution in [0.3, 0.4) is 0 Å². The summed E-state index contributed by atoms with van der Waals surface area (Å²) >= 11 is 6.38. The Balaban J connectivity index is 1.53. The van der Waals surface area contributed by atoms with Crippen molar-refractivity contribution < 1.29 is 19.0 Å². The Kier molecular flexibility index (Phi) is 5.46. The first-order valence-corrected chi connectivity index (χ1v) is 10.1. The fraction of sp³-hybridized carbons (Fsp3) is 0.476. The number of pyridine rings is 2. The van der Waals surface area contributed by atoms with Crippen LogP contribution >= 0.6 is 11.6 Å². The van der Waals surface area contributed by atoms with E-state index in [0.717, 1.165) is 0 Å². The molecule has 0 radical (unpaired) electrons. The standard InChI is InChI=1S/C21H24ClN3O4/c1-13(2)29-17-7-6-16(24-14(17)3)20(26)25-10-8-21(18(11-25)27-12-28-21)19-15(22)5-4-9-23-19/h4-7,9,13,18H,8,10-12H2,1-3H3. The van der Waals surface area contributed by atoms with Crippen LogP contribution in [-0.2, 0) is 15.1 Å².